The number of aromatic nitrogens is 1. The summed E-state index contributed by atoms with van der Waals surface area (Å²) >= 11 is 0. The molecule has 0 saturated carbocycles. The van der Waals surface area contributed by atoms with E-state index in [2.05, 4.69) is 10.1 Å². The van der Waals surface area contributed by atoms with Crippen LogP contribution < -0.4 is 5.01 Å². The van der Waals surface area contributed by atoms with Crippen molar-refractivity contribution in [1.82, 2.24) is 4.98 Å². The molecule has 0 aliphatic rings. The van der Waals surface area contributed by atoms with Gasteiger partial charge in [0.2, 0.25) is 5.90 Å². The van der Waals surface area contributed by atoms with Crippen LogP contribution in [0.5, 0.6) is 0 Å². The quantitative estimate of drug-likeness (QED) is 0.486. The second kappa shape index (κ2) is 8.85. The lowest BCUT2D eigenvalue weighted by Crippen LogP contribution is -2.34. The maximum atomic E-state index is 12.4. The highest BCUT2D eigenvalue weighted by Crippen LogP contribution is 2.18. The normalized spacial score (nSPS) is 11.8. The number of carboxylic acids is 1. The van der Waals surface area contributed by atoms with Crippen LogP contribution in [0.25, 0.3) is 0 Å². The minimum Gasteiger partial charge on any atom is -0.481 e. The number of hydrazone groups is 1. The molecule has 1 amide bonds. The first-order chi connectivity index (χ1) is 11.2. The van der Waals surface area contributed by atoms with Gasteiger partial charge in [-0.15, -0.1) is 5.10 Å². The van der Waals surface area contributed by atoms with Gasteiger partial charge in [0.05, 0.1) is 24.9 Å². The smallest absolute Gasteiger partial charge is 0.435 e. The van der Waals surface area contributed by atoms with Crippen molar-refractivity contribution in [2.75, 3.05) is 11.6 Å². The number of amides is 1. The Kier molecular flexibility index (Phi) is 7.16. The van der Waals surface area contributed by atoms with Crippen molar-refractivity contribution in [3.63, 3.8) is 0 Å². The van der Waals surface area contributed by atoms with Crippen LogP contribution >= 0.6 is 0 Å². The van der Waals surface area contributed by atoms with Crippen molar-refractivity contribution in [2.45, 2.75) is 46.1 Å². The van der Waals surface area contributed by atoms with E-state index in [0.717, 1.165) is 5.01 Å². The largest absolute Gasteiger partial charge is 0.481 e. The Labute approximate surface area is 141 Å². The van der Waals surface area contributed by atoms with Gasteiger partial charge in [0.1, 0.15) is 5.60 Å². The number of pyridine rings is 1. The van der Waals surface area contributed by atoms with Gasteiger partial charge in [-0.2, -0.15) is 5.01 Å². The van der Waals surface area contributed by atoms with Gasteiger partial charge in [-0.25, -0.2) is 4.79 Å². The molecule has 0 aliphatic carbocycles. The van der Waals surface area contributed by atoms with Crippen LogP contribution in [0.3, 0.4) is 0 Å². The van der Waals surface area contributed by atoms with Crippen molar-refractivity contribution in [1.29, 1.82) is 0 Å². The Hall–Kier alpha value is -2.64. The number of rotatable bonds is 6. The first-order valence-electron chi connectivity index (χ1n) is 7.58. The van der Waals surface area contributed by atoms with Gasteiger partial charge in [0.15, 0.2) is 0 Å². The Balaban J connectivity index is 3.12. The van der Waals surface area contributed by atoms with Crippen LogP contribution in [0.4, 0.5) is 10.5 Å². The summed E-state index contributed by atoms with van der Waals surface area (Å²) in [5, 5.41) is 14.0. The summed E-state index contributed by atoms with van der Waals surface area (Å²) in [6.07, 6.45) is 2.21. The van der Waals surface area contributed by atoms with Gasteiger partial charge in [0, 0.05) is 12.6 Å². The van der Waals surface area contributed by atoms with E-state index in [1.807, 2.05) is 0 Å². The SMILES string of the molecule is CCOC(CCC(=O)O)=NN(C(=O)OC(C)(C)C)c1cccnc1. The Morgan fingerprint density at radius 1 is 1.33 bits per heavy atom. The van der Waals surface area contributed by atoms with Crippen LogP contribution in [-0.2, 0) is 14.3 Å². The third-order valence-corrected chi connectivity index (χ3v) is 2.53. The van der Waals surface area contributed by atoms with Crippen LogP contribution in [0.15, 0.2) is 29.6 Å². The molecule has 0 saturated heterocycles. The van der Waals surface area contributed by atoms with Gasteiger partial charge in [-0.1, -0.05) is 0 Å². The molecule has 1 rings (SSSR count). The summed E-state index contributed by atoms with van der Waals surface area (Å²) in [4.78, 5) is 27.2. The van der Waals surface area contributed by atoms with Crippen molar-refractivity contribution < 1.29 is 24.2 Å². The van der Waals surface area contributed by atoms with Gasteiger partial charge in [0.25, 0.3) is 0 Å². The first-order valence-corrected chi connectivity index (χ1v) is 7.58. The lowest BCUT2D eigenvalue weighted by Gasteiger charge is -2.24. The molecule has 1 aromatic rings. The zero-order chi connectivity index (χ0) is 18.2. The van der Waals surface area contributed by atoms with Crippen LogP contribution in [0.2, 0.25) is 0 Å². The van der Waals surface area contributed by atoms with E-state index in [1.54, 1.807) is 46.0 Å². The lowest BCUT2D eigenvalue weighted by molar-refractivity contribution is -0.136. The summed E-state index contributed by atoms with van der Waals surface area (Å²) in [6.45, 7) is 7.27. The second-order valence-electron chi connectivity index (χ2n) is 5.82. The molecule has 132 valence electrons. The minimum atomic E-state index is -0.979. The van der Waals surface area contributed by atoms with E-state index in [0.29, 0.717) is 12.3 Å². The summed E-state index contributed by atoms with van der Waals surface area (Å²) in [6, 6.07) is 3.29. The molecule has 1 aromatic heterocycles. The second-order valence-corrected chi connectivity index (χ2v) is 5.82. The van der Waals surface area contributed by atoms with Crippen LogP contribution in [-0.4, -0.2) is 40.3 Å². The molecular weight excluding hydrogens is 314 g/mol. The predicted molar refractivity (Wildman–Crippen MR) is 88.9 cm³/mol. The fourth-order valence-corrected chi connectivity index (χ4v) is 1.63. The summed E-state index contributed by atoms with van der Waals surface area (Å²) in [7, 11) is 0. The van der Waals surface area contributed by atoms with Crippen LogP contribution in [0.1, 0.15) is 40.5 Å². The summed E-state index contributed by atoms with van der Waals surface area (Å²) < 4.78 is 10.7. The summed E-state index contributed by atoms with van der Waals surface area (Å²) in [5.74, 6) is -0.845. The zero-order valence-electron chi connectivity index (χ0n) is 14.4. The Morgan fingerprint density at radius 2 is 2.04 bits per heavy atom. The first kappa shape index (κ1) is 19.4. The molecule has 0 radical (unpaired) electrons. The average Bonchev–Trinajstić information content (AvgIpc) is 2.49. The van der Waals surface area contributed by atoms with E-state index in [9.17, 15) is 9.59 Å². The fourth-order valence-electron chi connectivity index (χ4n) is 1.63. The molecule has 0 unspecified atom stereocenters. The maximum Gasteiger partial charge on any atom is 0.435 e. The number of aliphatic carboxylic acids is 1. The van der Waals surface area contributed by atoms with Crippen LogP contribution in [0, 0.1) is 0 Å². The third-order valence-electron chi connectivity index (χ3n) is 2.53. The lowest BCUT2D eigenvalue weighted by atomic mass is 10.2. The van der Waals surface area contributed by atoms with E-state index >= 15 is 0 Å². The molecule has 0 atom stereocenters. The molecular formula is C16H23N3O5. The highest BCUT2D eigenvalue weighted by Gasteiger charge is 2.24. The molecule has 8 heteroatoms. The monoisotopic (exact) mass is 337 g/mol. The van der Waals surface area contributed by atoms with Crippen molar-refractivity contribution in [3.05, 3.63) is 24.5 Å². The van der Waals surface area contributed by atoms with E-state index in [-0.39, 0.29) is 18.7 Å². The highest BCUT2D eigenvalue weighted by molar-refractivity contribution is 5.91. The predicted octanol–water partition coefficient (Wildman–Crippen LogP) is 3.04. The summed E-state index contributed by atoms with van der Waals surface area (Å²) in [5.41, 5.74) is -0.320. The topological polar surface area (TPSA) is 101 Å². The Bertz CT molecular complexity index is 581. The number of carbonyl (C=O) groups is 2. The molecule has 0 aliphatic heterocycles. The molecule has 1 heterocycles. The van der Waals surface area contributed by atoms with Gasteiger partial charge in [-0.05, 0) is 39.8 Å². The number of hydrogen-bond donors (Lipinski definition) is 1. The van der Waals surface area contributed by atoms with E-state index in [4.69, 9.17) is 14.6 Å². The fraction of sp³-hybridized carbons (Fsp3) is 0.500. The molecule has 0 aromatic carbocycles. The number of hydrogen-bond acceptors (Lipinski definition) is 6. The molecule has 0 spiro atoms. The zero-order valence-corrected chi connectivity index (χ0v) is 14.4. The van der Waals surface area contributed by atoms with Crippen molar-refractivity contribution in [3.8, 4) is 0 Å². The molecule has 0 bridgehead atoms. The van der Waals surface area contributed by atoms with E-state index < -0.39 is 17.7 Å². The van der Waals surface area contributed by atoms with E-state index in [1.165, 1.54) is 6.20 Å². The van der Waals surface area contributed by atoms with Gasteiger partial charge in [-0.3, -0.25) is 9.78 Å². The number of carbonyl (C=O) groups excluding carboxylic acids is 1. The number of ether oxygens (including phenoxy) is 2. The third kappa shape index (κ3) is 7.08. The molecule has 0 fully saturated rings. The average molecular weight is 337 g/mol. The van der Waals surface area contributed by atoms with Crippen molar-refractivity contribution >= 4 is 23.6 Å². The number of nitrogens with zero attached hydrogens (tertiary/aromatic N) is 3. The number of carboxylic acid groups (broad SMARTS) is 1. The maximum absolute atomic E-state index is 12.4. The van der Waals surface area contributed by atoms with Gasteiger partial charge >= 0.3 is 12.1 Å². The van der Waals surface area contributed by atoms with Gasteiger partial charge < -0.3 is 14.6 Å². The Morgan fingerprint density at radius 3 is 2.54 bits per heavy atom. The molecule has 1 N–H and O–H groups in total. The molecule has 24 heavy (non-hydrogen) atoms. The standard InChI is InChI=1S/C16H23N3O5/c1-5-23-13(8-9-14(20)21)18-19(12-7-6-10-17-11-12)15(22)24-16(2,3)4/h6-7,10-11H,5,8-9H2,1-4H3,(H,20,21). The highest BCUT2D eigenvalue weighted by atomic mass is 16.6. The van der Waals surface area contributed by atoms with Crippen molar-refractivity contribution in [2.24, 2.45) is 5.10 Å². The molecule has 8 nitrogen and oxygen atoms in total. The minimum absolute atomic E-state index is 0.0583. The number of anilines is 1.